The summed E-state index contributed by atoms with van der Waals surface area (Å²) < 4.78 is 0. The van der Waals surface area contributed by atoms with E-state index < -0.39 is 6.04 Å². The van der Waals surface area contributed by atoms with Crippen LogP contribution in [-0.2, 0) is 9.59 Å². The van der Waals surface area contributed by atoms with Gasteiger partial charge in [0.2, 0.25) is 11.8 Å². The summed E-state index contributed by atoms with van der Waals surface area (Å²) >= 11 is 0. The zero-order valence-electron chi connectivity index (χ0n) is 15.8. The first-order valence-corrected chi connectivity index (χ1v) is 10.1. The molecule has 1 aliphatic carbocycles. The van der Waals surface area contributed by atoms with Gasteiger partial charge in [-0.2, -0.15) is 0 Å². The van der Waals surface area contributed by atoms with Crippen molar-refractivity contribution in [3.8, 4) is 0 Å². The van der Waals surface area contributed by atoms with E-state index in [1.165, 1.54) is 11.3 Å². The molecule has 1 saturated heterocycles. The molecule has 2 heterocycles. The molecule has 6 nitrogen and oxygen atoms in total. The minimum absolute atomic E-state index is 0.0311. The van der Waals surface area contributed by atoms with E-state index in [9.17, 15) is 14.4 Å². The molecule has 144 valence electrons. The van der Waals surface area contributed by atoms with Gasteiger partial charge in [-0.25, -0.2) is 0 Å². The molecule has 0 aromatic heterocycles. The number of nitrogens with one attached hydrogen (secondary N) is 1. The molecule has 1 saturated carbocycles. The lowest BCUT2D eigenvalue weighted by molar-refractivity contribution is -0.126. The number of para-hydroxylation sites is 1. The van der Waals surface area contributed by atoms with Crippen molar-refractivity contribution in [2.75, 3.05) is 18.0 Å². The zero-order valence-corrected chi connectivity index (χ0v) is 15.8. The summed E-state index contributed by atoms with van der Waals surface area (Å²) in [5.74, 6) is 0.0698. The van der Waals surface area contributed by atoms with Crippen LogP contribution in [0.3, 0.4) is 0 Å². The van der Waals surface area contributed by atoms with Crippen molar-refractivity contribution >= 4 is 23.4 Å². The van der Waals surface area contributed by atoms with E-state index in [4.69, 9.17) is 0 Å². The smallest absolute Gasteiger partial charge is 0.256 e. The molecule has 6 heteroatoms. The SMILES string of the molecule is C[C@@H]1CCCC[C@H]1NC(=O)CN1C(=O)[C@H]2CCCN2C(=O)c2ccccc21. The summed E-state index contributed by atoms with van der Waals surface area (Å²) in [5.41, 5.74) is 1.06. The predicted octanol–water partition coefficient (Wildman–Crippen LogP) is 2.33. The largest absolute Gasteiger partial charge is 0.352 e. The molecular formula is C21H27N3O3. The van der Waals surface area contributed by atoms with Gasteiger partial charge in [0, 0.05) is 12.6 Å². The topological polar surface area (TPSA) is 69.7 Å². The Morgan fingerprint density at radius 3 is 2.70 bits per heavy atom. The third kappa shape index (κ3) is 3.33. The van der Waals surface area contributed by atoms with Gasteiger partial charge >= 0.3 is 0 Å². The Labute approximate surface area is 159 Å². The van der Waals surface area contributed by atoms with Crippen LogP contribution in [-0.4, -0.2) is 47.8 Å². The number of benzene rings is 1. The van der Waals surface area contributed by atoms with E-state index >= 15 is 0 Å². The number of anilines is 1. The van der Waals surface area contributed by atoms with Gasteiger partial charge in [-0.1, -0.05) is 31.9 Å². The average molecular weight is 369 g/mol. The predicted molar refractivity (Wildman–Crippen MR) is 102 cm³/mol. The Bertz CT molecular complexity index is 763. The van der Waals surface area contributed by atoms with Gasteiger partial charge in [0.05, 0.1) is 11.3 Å². The fourth-order valence-corrected chi connectivity index (χ4v) is 4.70. The monoisotopic (exact) mass is 369 g/mol. The second-order valence-corrected chi connectivity index (χ2v) is 8.03. The van der Waals surface area contributed by atoms with Gasteiger partial charge in [-0.15, -0.1) is 0 Å². The normalized spacial score (nSPS) is 27.8. The Hall–Kier alpha value is -2.37. The van der Waals surface area contributed by atoms with Gasteiger partial charge in [-0.05, 0) is 43.7 Å². The zero-order chi connectivity index (χ0) is 19.0. The lowest BCUT2D eigenvalue weighted by Crippen LogP contribution is -2.50. The van der Waals surface area contributed by atoms with Crippen molar-refractivity contribution in [3.63, 3.8) is 0 Å². The van der Waals surface area contributed by atoms with Gasteiger partial charge in [-0.3, -0.25) is 14.4 Å². The molecule has 0 unspecified atom stereocenters. The second kappa shape index (κ2) is 7.33. The molecule has 1 N–H and O–H groups in total. The lowest BCUT2D eigenvalue weighted by atomic mass is 9.86. The van der Waals surface area contributed by atoms with Crippen LogP contribution in [0, 0.1) is 5.92 Å². The highest BCUT2D eigenvalue weighted by atomic mass is 16.2. The fourth-order valence-electron chi connectivity index (χ4n) is 4.70. The fraction of sp³-hybridized carbons (Fsp3) is 0.571. The first-order valence-electron chi connectivity index (χ1n) is 10.1. The molecule has 4 rings (SSSR count). The molecule has 27 heavy (non-hydrogen) atoms. The Morgan fingerprint density at radius 1 is 1.11 bits per heavy atom. The van der Waals surface area contributed by atoms with Gasteiger partial charge in [0.15, 0.2) is 0 Å². The Kier molecular flexibility index (Phi) is 4.89. The average Bonchev–Trinajstić information content (AvgIpc) is 3.14. The number of fused-ring (bicyclic) bond motifs is 2. The summed E-state index contributed by atoms with van der Waals surface area (Å²) in [4.78, 5) is 42.0. The third-order valence-electron chi connectivity index (χ3n) is 6.25. The molecular weight excluding hydrogens is 342 g/mol. The van der Waals surface area contributed by atoms with Crippen molar-refractivity contribution in [1.29, 1.82) is 0 Å². The highest BCUT2D eigenvalue weighted by molar-refractivity contribution is 6.12. The van der Waals surface area contributed by atoms with E-state index in [1.807, 2.05) is 6.07 Å². The summed E-state index contributed by atoms with van der Waals surface area (Å²) in [6.45, 7) is 2.74. The highest BCUT2D eigenvalue weighted by Crippen LogP contribution is 2.32. The molecule has 1 aromatic carbocycles. The van der Waals surface area contributed by atoms with Crippen LogP contribution >= 0.6 is 0 Å². The van der Waals surface area contributed by atoms with Crippen LogP contribution in [0.15, 0.2) is 24.3 Å². The van der Waals surface area contributed by atoms with Gasteiger partial charge in [0.1, 0.15) is 12.6 Å². The van der Waals surface area contributed by atoms with Crippen molar-refractivity contribution < 1.29 is 14.4 Å². The number of hydrogen-bond acceptors (Lipinski definition) is 3. The first kappa shape index (κ1) is 18.0. The quantitative estimate of drug-likeness (QED) is 0.889. The molecule has 2 aliphatic heterocycles. The van der Waals surface area contributed by atoms with Crippen molar-refractivity contribution in [2.45, 2.75) is 57.5 Å². The minimum Gasteiger partial charge on any atom is -0.352 e. The molecule has 2 fully saturated rings. The van der Waals surface area contributed by atoms with Crippen LogP contribution in [0.2, 0.25) is 0 Å². The molecule has 3 aliphatic rings. The second-order valence-electron chi connectivity index (χ2n) is 8.03. The Balaban J connectivity index is 1.58. The molecule has 0 radical (unpaired) electrons. The standard InChI is InChI=1S/C21H27N3O3/c1-14-7-2-4-9-16(14)22-19(25)13-24-17-10-5-3-8-15(17)20(26)23-12-6-11-18(23)21(24)27/h3,5,8,10,14,16,18H,2,4,6-7,9,11-13H2,1H3,(H,22,25)/t14-,16-,18-/m1/s1. The first-order chi connectivity index (χ1) is 13.1. The molecule has 3 atom stereocenters. The maximum atomic E-state index is 13.2. The lowest BCUT2D eigenvalue weighted by Gasteiger charge is -2.31. The summed E-state index contributed by atoms with van der Waals surface area (Å²) in [5, 5.41) is 3.13. The molecule has 3 amide bonds. The van der Waals surface area contributed by atoms with Crippen LogP contribution in [0.1, 0.15) is 55.8 Å². The van der Waals surface area contributed by atoms with E-state index in [1.54, 1.807) is 23.1 Å². The number of carbonyl (C=O) groups excluding carboxylic acids is 3. The third-order valence-corrected chi connectivity index (χ3v) is 6.25. The van der Waals surface area contributed by atoms with Crippen LogP contribution < -0.4 is 10.2 Å². The number of amides is 3. The number of hydrogen-bond donors (Lipinski definition) is 1. The van der Waals surface area contributed by atoms with E-state index in [0.717, 1.165) is 25.7 Å². The van der Waals surface area contributed by atoms with Crippen molar-refractivity contribution in [2.24, 2.45) is 5.92 Å². The number of rotatable bonds is 3. The molecule has 0 spiro atoms. The Morgan fingerprint density at radius 2 is 1.89 bits per heavy atom. The number of nitrogens with zero attached hydrogens (tertiary/aromatic N) is 2. The van der Waals surface area contributed by atoms with Gasteiger partial charge < -0.3 is 15.1 Å². The highest BCUT2D eigenvalue weighted by Gasteiger charge is 2.42. The van der Waals surface area contributed by atoms with E-state index in [-0.39, 0.29) is 30.3 Å². The number of carbonyl (C=O) groups is 3. The van der Waals surface area contributed by atoms with Gasteiger partial charge in [0.25, 0.3) is 5.91 Å². The van der Waals surface area contributed by atoms with Crippen molar-refractivity contribution in [3.05, 3.63) is 29.8 Å². The van der Waals surface area contributed by atoms with E-state index in [0.29, 0.717) is 30.1 Å². The van der Waals surface area contributed by atoms with Crippen LogP contribution in [0.25, 0.3) is 0 Å². The van der Waals surface area contributed by atoms with Crippen LogP contribution in [0.4, 0.5) is 5.69 Å². The maximum Gasteiger partial charge on any atom is 0.256 e. The molecule has 1 aromatic rings. The van der Waals surface area contributed by atoms with Crippen molar-refractivity contribution in [1.82, 2.24) is 10.2 Å². The maximum absolute atomic E-state index is 13.2. The summed E-state index contributed by atoms with van der Waals surface area (Å²) in [6, 6.07) is 6.85. The summed E-state index contributed by atoms with van der Waals surface area (Å²) in [6.07, 6.45) is 5.95. The van der Waals surface area contributed by atoms with Crippen LogP contribution in [0.5, 0.6) is 0 Å². The summed E-state index contributed by atoms with van der Waals surface area (Å²) in [7, 11) is 0. The molecule has 0 bridgehead atoms. The van der Waals surface area contributed by atoms with E-state index in [2.05, 4.69) is 12.2 Å². The minimum atomic E-state index is -0.452.